The molecule has 33 heavy (non-hydrogen) atoms. The minimum absolute atomic E-state index is 0.0920. The molecule has 1 atom stereocenters. The van der Waals surface area contributed by atoms with E-state index in [1.165, 1.54) is 30.8 Å². The molecule has 4 rings (SSSR count). The van der Waals surface area contributed by atoms with E-state index in [4.69, 9.17) is 4.74 Å². The highest BCUT2D eigenvalue weighted by atomic mass is 32.2. The van der Waals surface area contributed by atoms with Crippen molar-refractivity contribution < 1.29 is 19.2 Å². The van der Waals surface area contributed by atoms with Crippen LogP contribution in [0.3, 0.4) is 0 Å². The molecule has 170 valence electrons. The molecule has 0 bridgehead atoms. The third kappa shape index (κ3) is 3.98. The number of nitro groups is 1. The summed E-state index contributed by atoms with van der Waals surface area (Å²) >= 11 is 2.39. The molecule has 0 amide bonds. The van der Waals surface area contributed by atoms with Gasteiger partial charge >= 0.3 is 5.97 Å². The van der Waals surface area contributed by atoms with Gasteiger partial charge in [0, 0.05) is 23.5 Å². The maximum Gasteiger partial charge on any atom is 0.365 e. The fraction of sp³-hybridized carbons (Fsp3) is 0.227. The van der Waals surface area contributed by atoms with E-state index in [1.807, 2.05) is 42.2 Å². The lowest BCUT2D eigenvalue weighted by atomic mass is 10.2. The summed E-state index contributed by atoms with van der Waals surface area (Å²) in [6.45, 7) is 5.19. The first kappa shape index (κ1) is 22.9. The smallest absolute Gasteiger partial charge is 0.365 e. The number of nitro benzene ring substituents is 1. The summed E-state index contributed by atoms with van der Waals surface area (Å²) in [5.41, 5.74) is 1.77. The van der Waals surface area contributed by atoms with Gasteiger partial charge in [0.2, 0.25) is 9.37 Å². The van der Waals surface area contributed by atoms with Crippen molar-refractivity contribution in [3.8, 4) is 0 Å². The second kappa shape index (κ2) is 8.91. The van der Waals surface area contributed by atoms with Crippen LogP contribution in [-0.4, -0.2) is 32.7 Å². The number of carbonyl (C=O) groups is 2. The van der Waals surface area contributed by atoms with Crippen LogP contribution in [0.1, 0.15) is 20.8 Å². The molecule has 0 aromatic heterocycles. The normalized spacial score (nSPS) is 19.8. The minimum atomic E-state index is -1.14. The van der Waals surface area contributed by atoms with Gasteiger partial charge in [0.1, 0.15) is 0 Å². The average Bonchev–Trinajstić information content (AvgIpc) is 3.32. The van der Waals surface area contributed by atoms with Gasteiger partial charge in [-0.15, -0.1) is 0 Å². The number of hydrazone groups is 1. The van der Waals surface area contributed by atoms with Gasteiger partial charge in [-0.2, -0.15) is 5.10 Å². The second-order valence-corrected chi connectivity index (χ2v) is 9.71. The van der Waals surface area contributed by atoms with Crippen molar-refractivity contribution in [2.75, 3.05) is 16.5 Å². The Balaban J connectivity index is 1.91. The first-order valence-corrected chi connectivity index (χ1v) is 11.7. The minimum Gasteiger partial charge on any atom is -0.461 e. The van der Waals surface area contributed by atoms with E-state index >= 15 is 0 Å². The number of benzene rings is 2. The summed E-state index contributed by atoms with van der Waals surface area (Å²) in [4.78, 5) is 38.6. The highest BCUT2D eigenvalue weighted by molar-refractivity contribution is 8.29. The average molecular weight is 485 g/mol. The van der Waals surface area contributed by atoms with Crippen LogP contribution in [0.4, 0.5) is 17.1 Å². The Morgan fingerprint density at radius 1 is 1.12 bits per heavy atom. The number of rotatable bonds is 6. The van der Waals surface area contributed by atoms with Crippen LogP contribution >= 0.6 is 23.5 Å². The number of hydrogen-bond acceptors (Lipinski definition) is 10. The molecule has 0 fully saturated rings. The van der Waals surface area contributed by atoms with E-state index < -0.39 is 15.2 Å². The molecular formula is C22H20N4O5S2. The fourth-order valence-corrected chi connectivity index (χ4v) is 6.56. The van der Waals surface area contributed by atoms with Crippen LogP contribution in [0.15, 0.2) is 70.3 Å². The Kier molecular flexibility index (Phi) is 6.17. The lowest BCUT2D eigenvalue weighted by molar-refractivity contribution is -0.384. The summed E-state index contributed by atoms with van der Waals surface area (Å²) in [5.74, 6) is -0.725. The fourth-order valence-electron chi connectivity index (χ4n) is 3.61. The zero-order valence-electron chi connectivity index (χ0n) is 18.0. The molecule has 2 aliphatic heterocycles. The summed E-state index contributed by atoms with van der Waals surface area (Å²) in [7, 11) is 0. The Hall–Kier alpha value is -3.31. The molecule has 2 aliphatic rings. The zero-order chi connectivity index (χ0) is 23.8. The summed E-state index contributed by atoms with van der Waals surface area (Å²) in [6, 6.07) is 15.4. The molecular weight excluding hydrogens is 464 g/mol. The predicted molar refractivity (Wildman–Crippen MR) is 130 cm³/mol. The van der Waals surface area contributed by atoms with Gasteiger partial charge < -0.3 is 9.64 Å². The van der Waals surface area contributed by atoms with Crippen molar-refractivity contribution in [2.24, 2.45) is 5.10 Å². The number of non-ortho nitro benzene ring substituents is 1. The van der Waals surface area contributed by atoms with Crippen LogP contribution in [0.2, 0.25) is 0 Å². The van der Waals surface area contributed by atoms with Crippen LogP contribution in [0, 0.1) is 10.1 Å². The third-order valence-corrected chi connectivity index (χ3v) is 7.91. The van der Waals surface area contributed by atoms with Crippen molar-refractivity contribution in [3.05, 3.63) is 75.3 Å². The van der Waals surface area contributed by atoms with E-state index in [0.717, 1.165) is 17.4 Å². The number of ether oxygens (including phenoxy) is 1. The molecule has 2 heterocycles. The molecule has 2 aromatic carbocycles. The monoisotopic (exact) mass is 484 g/mol. The number of thioether (sulfide) groups is 2. The zero-order valence-corrected chi connectivity index (χ0v) is 19.7. The van der Waals surface area contributed by atoms with Crippen LogP contribution in [-0.2, 0) is 14.3 Å². The van der Waals surface area contributed by atoms with Gasteiger partial charge in [-0.3, -0.25) is 14.9 Å². The van der Waals surface area contributed by atoms with E-state index in [-0.39, 0.29) is 23.1 Å². The van der Waals surface area contributed by atoms with Crippen molar-refractivity contribution in [1.82, 2.24) is 0 Å². The molecule has 2 aromatic rings. The first-order valence-electron chi connectivity index (χ1n) is 10.0. The van der Waals surface area contributed by atoms with E-state index in [9.17, 15) is 19.7 Å². The maximum absolute atomic E-state index is 12.7. The van der Waals surface area contributed by atoms with E-state index in [0.29, 0.717) is 16.3 Å². The molecule has 0 radical (unpaired) electrons. The van der Waals surface area contributed by atoms with Crippen molar-refractivity contribution in [1.29, 1.82) is 0 Å². The summed E-state index contributed by atoms with van der Waals surface area (Å²) in [5, 5.41) is 17.6. The Morgan fingerprint density at radius 2 is 1.82 bits per heavy atom. The van der Waals surface area contributed by atoms with Gasteiger partial charge in [0.05, 0.1) is 22.1 Å². The molecule has 1 unspecified atom stereocenters. The van der Waals surface area contributed by atoms with Gasteiger partial charge in [0.15, 0.2) is 5.78 Å². The van der Waals surface area contributed by atoms with E-state index in [1.54, 1.807) is 24.1 Å². The number of ketones is 1. The third-order valence-electron chi connectivity index (χ3n) is 4.94. The lowest BCUT2D eigenvalue weighted by Gasteiger charge is -2.41. The van der Waals surface area contributed by atoms with Crippen LogP contribution < -0.4 is 9.91 Å². The highest BCUT2D eigenvalue weighted by Crippen LogP contribution is 2.60. The number of para-hydroxylation sites is 1. The summed E-state index contributed by atoms with van der Waals surface area (Å²) < 4.78 is 4.05. The molecule has 11 heteroatoms. The first-order chi connectivity index (χ1) is 15.8. The Labute approximate surface area is 198 Å². The van der Waals surface area contributed by atoms with Gasteiger partial charge in [-0.25, -0.2) is 9.80 Å². The van der Waals surface area contributed by atoms with E-state index in [2.05, 4.69) is 5.10 Å². The van der Waals surface area contributed by atoms with Crippen LogP contribution in [0.5, 0.6) is 0 Å². The van der Waals surface area contributed by atoms with Crippen molar-refractivity contribution in [3.63, 3.8) is 0 Å². The Morgan fingerprint density at radius 3 is 2.45 bits per heavy atom. The van der Waals surface area contributed by atoms with Gasteiger partial charge in [0.25, 0.3) is 5.69 Å². The highest BCUT2D eigenvalue weighted by Gasteiger charge is 2.58. The molecule has 0 saturated carbocycles. The van der Waals surface area contributed by atoms with Crippen molar-refractivity contribution >= 4 is 57.4 Å². The quantitative estimate of drug-likeness (QED) is 0.327. The number of nitrogens with zero attached hydrogens (tertiary/aromatic N) is 4. The molecule has 0 aliphatic carbocycles. The van der Waals surface area contributed by atoms with Gasteiger partial charge in [-0.05, 0) is 50.7 Å². The maximum atomic E-state index is 12.7. The number of carbonyl (C=O) groups excluding carboxylic acids is 2. The number of allylic oxidation sites excluding steroid dienone is 2. The molecule has 0 saturated heterocycles. The molecule has 0 N–H and O–H groups in total. The number of hydrogen-bond donors (Lipinski definition) is 0. The molecule has 9 nitrogen and oxygen atoms in total. The largest absolute Gasteiger partial charge is 0.461 e. The number of esters is 1. The van der Waals surface area contributed by atoms with Gasteiger partial charge in [-0.1, -0.05) is 36.0 Å². The van der Waals surface area contributed by atoms with Crippen LogP contribution in [0.25, 0.3) is 0 Å². The summed E-state index contributed by atoms with van der Waals surface area (Å²) in [6.07, 6.45) is 0. The number of anilines is 2. The predicted octanol–water partition coefficient (Wildman–Crippen LogP) is 4.71. The van der Waals surface area contributed by atoms with Crippen molar-refractivity contribution in [2.45, 2.75) is 25.1 Å². The lowest BCUT2D eigenvalue weighted by Crippen LogP contribution is -2.49. The number of Topliss-reactive ketones (excluding diaryl/α,β-unsaturated/α-hetero) is 1. The second-order valence-electron chi connectivity index (χ2n) is 7.11. The Bertz CT molecular complexity index is 1200. The topological polar surface area (TPSA) is 105 Å². The standard InChI is InChI=1S/C22H20N4O5S2/c1-4-31-21(28)20-23-25(17-11-8-12-18(13-17)26(29)30)22(33-20)24(16-9-6-5-7-10-16)14(2)19(32-22)15(3)27/h5-13H,4H2,1-3H3. The molecule has 1 spiro atoms. The SMILES string of the molecule is CCOC(=O)C1=NN(c2cccc([N+](=O)[O-])c2)C2(S1)SC(C(C)=O)=C(C)N2c1ccccc1.